The van der Waals surface area contributed by atoms with E-state index in [0.717, 1.165) is 6.07 Å². The number of halogens is 3. The first-order valence-electron chi connectivity index (χ1n) is 7.73. The topological polar surface area (TPSA) is 88.8 Å². The summed E-state index contributed by atoms with van der Waals surface area (Å²) in [7, 11) is 0. The van der Waals surface area contributed by atoms with Gasteiger partial charge in [0.15, 0.2) is 5.76 Å². The Labute approximate surface area is 145 Å². The van der Waals surface area contributed by atoms with E-state index in [1.165, 1.54) is 30.3 Å². The van der Waals surface area contributed by atoms with Gasteiger partial charge in [0, 0.05) is 0 Å². The number of aliphatic carboxylic acids is 1. The number of hydrogen-bond acceptors (Lipinski definition) is 4. The van der Waals surface area contributed by atoms with Gasteiger partial charge in [0.1, 0.15) is 17.6 Å². The van der Waals surface area contributed by atoms with Crippen molar-refractivity contribution in [2.75, 3.05) is 0 Å². The fourth-order valence-electron chi connectivity index (χ4n) is 2.51. The summed E-state index contributed by atoms with van der Waals surface area (Å²) in [5.74, 6) is -2.68. The molecule has 1 aromatic carbocycles. The molecule has 1 unspecified atom stereocenters. The summed E-state index contributed by atoms with van der Waals surface area (Å²) >= 11 is 0. The third-order valence-corrected chi connectivity index (χ3v) is 3.85. The quantitative estimate of drug-likeness (QED) is 0.814. The monoisotopic (exact) mass is 369 g/mol. The normalized spacial score (nSPS) is 15.3. The Balaban J connectivity index is 1.80. The fourth-order valence-corrected chi connectivity index (χ4v) is 2.51. The highest BCUT2D eigenvalue weighted by Gasteiger charge is 2.38. The van der Waals surface area contributed by atoms with Gasteiger partial charge in [0.05, 0.1) is 5.56 Å². The fraction of sp³-hybridized carbons (Fsp3) is 0.294. The maximum atomic E-state index is 12.5. The van der Waals surface area contributed by atoms with Crippen LogP contribution in [-0.2, 0) is 4.79 Å². The molecule has 0 spiro atoms. The minimum absolute atomic E-state index is 0.00621. The number of amides is 1. The summed E-state index contributed by atoms with van der Waals surface area (Å²) in [6, 6.07) is 6.91. The number of para-hydroxylation sites is 1. The van der Waals surface area contributed by atoms with E-state index in [2.05, 4.69) is 10.1 Å². The molecule has 0 radical (unpaired) electrons. The number of carbonyl (C=O) groups excluding carboxylic acids is 1. The maximum Gasteiger partial charge on any atom is 0.573 e. The van der Waals surface area contributed by atoms with Crippen LogP contribution in [0.15, 0.2) is 40.8 Å². The molecule has 1 aliphatic rings. The second-order valence-corrected chi connectivity index (χ2v) is 5.83. The molecule has 0 bridgehead atoms. The van der Waals surface area contributed by atoms with Crippen molar-refractivity contribution >= 4 is 11.9 Å². The van der Waals surface area contributed by atoms with E-state index in [1.807, 2.05) is 0 Å². The van der Waals surface area contributed by atoms with Gasteiger partial charge in [-0.05, 0) is 43.0 Å². The number of carbonyl (C=O) groups is 2. The molecule has 1 heterocycles. The Bertz CT molecular complexity index is 826. The van der Waals surface area contributed by atoms with Crippen LogP contribution in [0.3, 0.4) is 0 Å². The van der Waals surface area contributed by atoms with E-state index in [9.17, 15) is 22.8 Å². The number of carboxylic acids is 1. The van der Waals surface area contributed by atoms with Crippen molar-refractivity contribution in [1.82, 2.24) is 5.32 Å². The zero-order chi connectivity index (χ0) is 18.9. The van der Waals surface area contributed by atoms with Crippen LogP contribution in [-0.4, -0.2) is 29.4 Å². The van der Waals surface area contributed by atoms with Crippen molar-refractivity contribution in [1.29, 1.82) is 0 Å². The largest absolute Gasteiger partial charge is 0.573 e. The molecule has 1 aromatic heterocycles. The Morgan fingerprint density at radius 1 is 1.19 bits per heavy atom. The average molecular weight is 369 g/mol. The van der Waals surface area contributed by atoms with Crippen LogP contribution < -0.4 is 10.1 Å². The van der Waals surface area contributed by atoms with Gasteiger partial charge in [-0.2, -0.15) is 0 Å². The molecule has 0 aliphatic heterocycles. The third-order valence-electron chi connectivity index (χ3n) is 3.85. The first kappa shape index (κ1) is 17.8. The molecule has 138 valence electrons. The predicted octanol–water partition coefficient (Wildman–Crippen LogP) is 3.44. The Morgan fingerprint density at radius 3 is 2.50 bits per heavy atom. The van der Waals surface area contributed by atoms with Crippen LogP contribution >= 0.6 is 0 Å². The van der Waals surface area contributed by atoms with Crippen LogP contribution in [0.5, 0.6) is 5.75 Å². The van der Waals surface area contributed by atoms with Crippen LogP contribution in [0.4, 0.5) is 13.2 Å². The SMILES string of the molecule is O=C(NC(C(=O)O)C1CC1)c1ccc(-c2ccccc2OC(F)(F)F)o1. The lowest BCUT2D eigenvalue weighted by molar-refractivity contribution is -0.274. The number of hydrogen-bond donors (Lipinski definition) is 2. The number of carboxylic acid groups (broad SMARTS) is 1. The molecule has 0 saturated heterocycles. The summed E-state index contributed by atoms with van der Waals surface area (Å²) in [5, 5.41) is 11.5. The summed E-state index contributed by atoms with van der Waals surface area (Å²) < 4.78 is 46.8. The molecule has 9 heteroatoms. The van der Waals surface area contributed by atoms with Gasteiger partial charge in [0.2, 0.25) is 0 Å². The van der Waals surface area contributed by atoms with Crippen LogP contribution in [0, 0.1) is 5.92 Å². The van der Waals surface area contributed by atoms with Gasteiger partial charge in [-0.3, -0.25) is 4.79 Å². The molecule has 1 fully saturated rings. The molecule has 6 nitrogen and oxygen atoms in total. The molecule has 1 aliphatic carbocycles. The smallest absolute Gasteiger partial charge is 0.480 e. The molecule has 1 amide bonds. The van der Waals surface area contributed by atoms with Crippen molar-refractivity contribution in [3.05, 3.63) is 42.2 Å². The number of benzene rings is 1. The van der Waals surface area contributed by atoms with E-state index >= 15 is 0 Å². The molecular formula is C17H14F3NO5. The van der Waals surface area contributed by atoms with Crippen molar-refractivity contribution in [2.24, 2.45) is 5.92 Å². The standard InChI is InChI=1S/C17H14F3NO5/c18-17(19,20)26-12-4-2-1-3-10(12)11-7-8-13(25-11)15(22)21-14(16(23)24)9-5-6-9/h1-4,7-9,14H,5-6H2,(H,21,22)(H,23,24). The van der Waals surface area contributed by atoms with Gasteiger partial charge >= 0.3 is 12.3 Å². The molecule has 26 heavy (non-hydrogen) atoms. The first-order chi connectivity index (χ1) is 12.2. The van der Waals surface area contributed by atoms with E-state index in [4.69, 9.17) is 9.52 Å². The number of ether oxygens (including phenoxy) is 1. The molecule has 1 saturated carbocycles. The minimum Gasteiger partial charge on any atom is -0.480 e. The lowest BCUT2D eigenvalue weighted by Crippen LogP contribution is -2.42. The van der Waals surface area contributed by atoms with Gasteiger partial charge in [-0.25, -0.2) is 4.79 Å². The van der Waals surface area contributed by atoms with E-state index in [1.54, 1.807) is 0 Å². The number of alkyl halides is 3. The maximum absolute atomic E-state index is 12.5. The summed E-state index contributed by atoms with van der Waals surface area (Å²) in [4.78, 5) is 23.4. The summed E-state index contributed by atoms with van der Waals surface area (Å²) in [6.45, 7) is 0. The average Bonchev–Trinajstić information content (AvgIpc) is 3.27. The summed E-state index contributed by atoms with van der Waals surface area (Å²) in [5.41, 5.74) is 0.0147. The number of nitrogens with one attached hydrogen (secondary N) is 1. The molecule has 2 N–H and O–H groups in total. The van der Waals surface area contributed by atoms with Crippen molar-refractivity contribution in [2.45, 2.75) is 25.2 Å². The first-order valence-corrected chi connectivity index (χ1v) is 7.73. The Hall–Kier alpha value is -2.97. The highest BCUT2D eigenvalue weighted by molar-refractivity contribution is 5.95. The zero-order valence-electron chi connectivity index (χ0n) is 13.2. The van der Waals surface area contributed by atoms with Gasteiger partial charge in [0.25, 0.3) is 5.91 Å². The summed E-state index contributed by atoms with van der Waals surface area (Å²) in [6.07, 6.45) is -3.45. The Kier molecular flexibility index (Phi) is 4.62. The second-order valence-electron chi connectivity index (χ2n) is 5.83. The predicted molar refractivity (Wildman–Crippen MR) is 82.4 cm³/mol. The molecule has 3 rings (SSSR count). The van der Waals surface area contributed by atoms with Crippen molar-refractivity contribution in [3.8, 4) is 17.1 Å². The van der Waals surface area contributed by atoms with E-state index in [0.29, 0.717) is 12.8 Å². The van der Waals surface area contributed by atoms with Gasteiger partial charge in [-0.15, -0.1) is 13.2 Å². The lowest BCUT2D eigenvalue weighted by atomic mass is 10.1. The van der Waals surface area contributed by atoms with E-state index < -0.39 is 30.0 Å². The zero-order valence-corrected chi connectivity index (χ0v) is 13.2. The van der Waals surface area contributed by atoms with Gasteiger partial charge in [-0.1, -0.05) is 12.1 Å². The third kappa shape index (κ3) is 4.16. The number of rotatable bonds is 6. The van der Waals surface area contributed by atoms with Crippen molar-refractivity contribution < 1.29 is 37.0 Å². The molecular weight excluding hydrogens is 355 g/mol. The number of furan rings is 1. The van der Waals surface area contributed by atoms with Crippen molar-refractivity contribution in [3.63, 3.8) is 0 Å². The highest BCUT2D eigenvalue weighted by atomic mass is 19.4. The van der Waals surface area contributed by atoms with Crippen LogP contribution in [0.2, 0.25) is 0 Å². The van der Waals surface area contributed by atoms with Gasteiger partial charge < -0.3 is 19.6 Å². The second kappa shape index (κ2) is 6.74. The van der Waals surface area contributed by atoms with Crippen LogP contribution in [0.25, 0.3) is 11.3 Å². The lowest BCUT2D eigenvalue weighted by Gasteiger charge is -2.12. The molecule has 1 atom stereocenters. The highest BCUT2D eigenvalue weighted by Crippen LogP contribution is 2.35. The minimum atomic E-state index is -4.87. The van der Waals surface area contributed by atoms with E-state index in [-0.39, 0.29) is 23.0 Å². The Morgan fingerprint density at radius 2 is 1.88 bits per heavy atom. The van der Waals surface area contributed by atoms with Crippen LogP contribution in [0.1, 0.15) is 23.4 Å². The molecule has 2 aromatic rings.